The van der Waals surface area contributed by atoms with Crippen LogP contribution in [-0.4, -0.2) is 10.9 Å². The molecule has 5 heteroatoms. The summed E-state index contributed by atoms with van der Waals surface area (Å²) in [5, 5.41) is 1.45. The van der Waals surface area contributed by atoms with Crippen LogP contribution in [0.4, 0.5) is 0 Å². The van der Waals surface area contributed by atoms with Gasteiger partial charge in [0, 0.05) is 10.6 Å². The van der Waals surface area contributed by atoms with Gasteiger partial charge in [-0.05, 0) is 18.6 Å². The summed E-state index contributed by atoms with van der Waals surface area (Å²) in [6.45, 7) is 1.92. The molecule has 1 heterocycles. The number of aromatic nitrogens is 1. The van der Waals surface area contributed by atoms with E-state index in [1.165, 1.54) is 17.5 Å². The molecule has 0 unspecified atom stereocenters. The monoisotopic (exact) mass is 252 g/mol. The van der Waals surface area contributed by atoms with E-state index in [0.29, 0.717) is 9.90 Å². The van der Waals surface area contributed by atoms with Crippen LogP contribution in [0.25, 0.3) is 10.6 Å². The van der Waals surface area contributed by atoms with E-state index >= 15 is 0 Å². The molecule has 0 aliphatic carbocycles. The number of carbonyl (C=O) groups is 1. The predicted molar refractivity (Wildman–Crippen MR) is 65.8 cm³/mol. The molecule has 2 rings (SSSR count). The summed E-state index contributed by atoms with van der Waals surface area (Å²) in [7, 11) is 0. The molecule has 3 nitrogen and oxygen atoms in total. The van der Waals surface area contributed by atoms with Crippen molar-refractivity contribution in [1.82, 2.24) is 4.98 Å². The molecule has 82 valence electrons. The van der Waals surface area contributed by atoms with Crippen molar-refractivity contribution in [2.45, 2.75) is 6.92 Å². The Morgan fingerprint density at radius 3 is 2.88 bits per heavy atom. The van der Waals surface area contributed by atoms with E-state index in [0.717, 1.165) is 16.1 Å². The van der Waals surface area contributed by atoms with E-state index in [2.05, 4.69) is 4.98 Å². The van der Waals surface area contributed by atoms with Crippen molar-refractivity contribution in [3.05, 3.63) is 39.9 Å². The Bertz CT molecular complexity index is 551. The Kier molecular flexibility index (Phi) is 2.94. The Hall–Kier alpha value is -1.39. The van der Waals surface area contributed by atoms with E-state index in [9.17, 15) is 4.79 Å². The molecule has 0 radical (unpaired) electrons. The number of halogens is 1. The Morgan fingerprint density at radius 1 is 1.50 bits per heavy atom. The molecular formula is C11H9ClN2OS. The highest BCUT2D eigenvalue weighted by Gasteiger charge is 2.11. The van der Waals surface area contributed by atoms with Crippen molar-refractivity contribution in [3.8, 4) is 10.6 Å². The van der Waals surface area contributed by atoms with Gasteiger partial charge in [-0.15, -0.1) is 11.3 Å². The van der Waals surface area contributed by atoms with Crippen LogP contribution in [0.1, 0.15) is 15.2 Å². The molecule has 0 bridgehead atoms. The van der Waals surface area contributed by atoms with Crippen molar-refractivity contribution in [2.24, 2.45) is 5.73 Å². The Labute approximate surface area is 102 Å². The molecule has 0 fully saturated rings. The van der Waals surface area contributed by atoms with Gasteiger partial charge in [0.15, 0.2) is 0 Å². The minimum absolute atomic E-state index is 0.453. The quantitative estimate of drug-likeness (QED) is 0.894. The third-order valence-electron chi connectivity index (χ3n) is 2.25. The second-order valence-corrected chi connectivity index (χ2v) is 4.74. The SMILES string of the molecule is Cc1c(Cl)cccc1-c1ncc(C(N)=O)s1. The smallest absolute Gasteiger partial charge is 0.260 e. The maximum Gasteiger partial charge on any atom is 0.260 e. The second kappa shape index (κ2) is 4.23. The van der Waals surface area contributed by atoms with Gasteiger partial charge < -0.3 is 5.73 Å². The predicted octanol–water partition coefficient (Wildman–Crippen LogP) is 2.87. The van der Waals surface area contributed by atoms with Crippen molar-refractivity contribution < 1.29 is 4.79 Å². The summed E-state index contributed by atoms with van der Waals surface area (Å²) in [4.78, 5) is 15.6. The van der Waals surface area contributed by atoms with Crippen LogP contribution < -0.4 is 5.73 Å². The van der Waals surface area contributed by atoms with Gasteiger partial charge in [0.25, 0.3) is 5.91 Å². The van der Waals surface area contributed by atoms with E-state index in [1.807, 2.05) is 25.1 Å². The van der Waals surface area contributed by atoms with Gasteiger partial charge in [0.05, 0.1) is 6.20 Å². The normalized spacial score (nSPS) is 10.4. The van der Waals surface area contributed by atoms with Crippen LogP contribution in [0, 0.1) is 6.92 Å². The fourth-order valence-corrected chi connectivity index (χ4v) is 2.38. The van der Waals surface area contributed by atoms with E-state index in [-0.39, 0.29) is 0 Å². The number of nitrogens with two attached hydrogens (primary N) is 1. The number of nitrogens with zero attached hydrogens (tertiary/aromatic N) is 1. The van der Waals surface area contributed by atoms with E-state index < -0.39 is 5.91 Å². The minimum Gasteiger partial charge on any atom is -0.365 e. The third-order valence-corrected chi connectivity index (χ3v) is 3.70. The number of hydrogen-bond acceptors (Lipinski definition) is 3. The van der Waals surface area contributed by atoms with Gasteiger partial charge in [0.1, 0.15) is 9.88 Å². The number of amides is 1. The summed E-state index contributed by atoms with van der Waals surface area (Å²) in [5.74, 6) is -0.455. The van der Waals surface area contributed by atoms with Crippen molar-refractivity contribution in [3.63, 3.8) is 0 Å². The molecule has 16 heavy (non-hydrogen) atoms. The summed E-state index contributed by atoms with van der Waals surface area (Å²) < 4.78 is 0. The molecule has 0 aliphatic rings. The highest BCUT2D eigenvalue weighted by molar-refractivity contribution is 7.16. The standard InChI is InChI=1S/C11H9ClN2OS/c1-6-7(3-2-4-8(6)12)11-14-5-9(16-11)10(13)15/h2-5H,1H3,(H2,13,15). The average Bonchev–Trinajstić information content (AvgIpc) is 2.71. The highest BCUT2D eigenvalue weighted by atomic mass is 35.5. The van der Waals surface area contributed by atoms with Crippen molar-refractivity contribution in [1.29, 1.82) is 0 Å². The zero-order chi connectivity index (χ0) is 11.7. The van der Waals surface area contributed by atoms with Gasteiger partial charge in [0.2, 0.25) is 0 Å². The number of thiazole rings is 1. The number of benzene rings is 1. The van der Waals surface area contributed by atoms with Gasteiger partial charge >= 0.3 is 0 Å². The first-order valence-electron chi connectivity index (χ1n) is 4.60. The van der Waals surface area contributed by atoms with Crippen LogP contribution >= 0.6 is 22.9 Å². The van der Waals surface area contributed by atoms with Gasteiger partial charge in [-0.1, -0.05) is 23.7 Å². The number of rotatable bonds is 2. The summed E-state index contributed by atoms with van der Waals surface area (Å²) in [6.07, 6.45) is 1.49. The van der Waals surface area contributed by atoms with Crippen molar-refractivity contribution in [2.75, 3.05) is 0 Å². The molecule has 0 saturated heterocycles. The molecule has 0 spiro atoms. The lowest BCUT2D eigenvalue weighted by molar-refractivity contribution is 0.100. The maximum atomic E-state index is 11.0. The lowest BCUT2D eigenvalue weighted by Crippen LogP contribution is -2.08. The molecule has 0 atom stereocenters. The molecule has 0 aliphatic heterocycles. The van der Waals surface area contributed by atoms with Crippen LogP contribution in [-0.2, 0) is 0 Å². The summed E-state index contributed by atoms with van der Waals surface area (Å²) in [5.41, 5.74) is 7.07. The molecule has 1 aromatic heterocycles. The van der Waals surface area contributed by atoms with Crippen LogP contribution in [0.3, 0.4) is 0 Å². The zero-order valence-corrected chi connectivity index (χ0v) is 10.1. The van der Waals surface area contributed by atoms with Gasteiger partial charge in [-0.25, -0.2) is 4.98 Å². The van der Waals surface area contributed by atoms with Gasteiger partial charge in [-0.3, -0.25) is 4.79 Å². The summed E-state index contributed by atoms with van der Waals surface area (Å²) >= 11 is 7.29. The fraction of sp³-hybridized carbons (Fsp3) is 0.0909. The minimum atomic E-state index is -0.455. The zero-order valence-electron chi connectivity index (χ0n) is 8.53. The fourth-order valence-electron chi connectivity index (χ4n) is 1.35. The molecule has 1 aromatic carbocycles. The lowest BCUT2D eigenvalue weighted by Gasteiger charge is -2.03. The van der Waals surface area contributed by atoms with E-state index in [1.54, 1.807) is 0 Å². The summed E-state index contributed by atoms with van der Waals surface area (Å²) in [6, 6.07) is 5.60. The largest absolute Gasteiger partial charge is 0.365 e. The lowest BCUT2D eigenvalue weighted by atomic mass is 10.1. The topological polar surface area (TPSA) is 56.0 Å². The highest BCUT2D eigenvalue weighted by Crippen LogP contribution is 2.31. The number of hydrogen-bond donors (Lipinski definition) is 1. The molecule has 2 N–H and O–H groups in total. The first-order valence-corrected chi connectivity index (χ1v) is 5.80. The van der Waals surface area contributed by atoms with Crippen LogP contribution in [0.15, 0.2) is 24.4 Å². The van der Waals surface area contributed by atoms with Crippen LogP contribution in [0.5, 0.6) is 0 Å². The molecule has 2 aromatic rings. The first-order chi connectivity index (χ1) is 7.59. The molecule has 1 amide bonds. The first kappa shape index (κ1) is 11.1. The maximum absolute atomic E-state index is 11.0. The average molecular weight is 253 g/mol. The molecular weight excluding hydrogens is 244 g/mol. The molecule has 0 saturated carbocycles. The number of carbonyl (C=O) groups excluding carboxylic acids is 1. The Balaban J connectivity index is 2.50. The van der Waals surface area contributed by atoms with E-state index in [4.69, 9.17) is 17.3 Å². The second-order valence-electron chi connectivity index (χ2n) is 3.31. The van der Waals surface area contributed by atoms with Crippen molar-refractivity contribution >= 4 is 28.8 Å². The van der Waals surface area contributed by atoms with Gasteiger partial charge in [-0.2, -0.15) is 0 Å². The van der Waals surface area contributed by atoms with Crippen LogP contribution in [0.2, 0.25) is 5.02 Å². The Morgan fingerprint density at radius 2 is 2.25 bits per heavy atom. The number of primary amides is 1. The third kappa shape index (κ3) is 1.94.